The van der Waals surface area contributed by atoms with Crippen LogP contribution in [0.25, 0.3) is 0 Å². The standard InChI is InChI=1S/C18H14ClNO4/c1-10(18(23)24-2)11-7-8-15(14(19)9-11)20-16(21)12-5-3-4-6-13(12)17(20)22/h3-10H,1-2H3. The number of ether oxygens (including phenoxy) is 1. The van der Waals surface area contributed by atoms with Gasteiger partial charge in [0, 0.05) is 0 Å². The summed E-state index contributed by atoms with van der Waals surface area (Å²) < 4.78 is 4.71. The number of amides is 2. The first-order chi connectivity index (χ1) is 11.5. The molecule has 6 heteroatoms. The Kier molecular flexibility index (Phi) is 4.11. The second-order valence-corrected chi connectivity index (χ2v) is 5.85. The summed E-state index contributed by atoms with van der Waals surface area (Å²) in [7, 11) is 1.31. The molecule has 5 nitrogen and oxygen atoms in total. The number of carbonyl (C=O) groups excluding carboxylic acids is 3. The quantitative estimate of drug-likeness (QED) is 0.632. The third kappa shape index (κ3) is 2.47. The first-order valence-electron chi connectivity index (χ1n) is 7.30. The minimum Gasteiger partial charge on any atom is -0.469 e. The van der Waals surface area contributed by atoms with Crippen LogP contribution in [0.4, 0.5) is 5.69 Å². The third-order valence-corrected chi connectivity index (χ3v) is 4.36. The van der Waals surface area contributed by atoms with Crippen molar-refractivity contribution in [2.24, 2.45) is 0 Å². The van der Waals surface area contributed by atoms with Crippen LogP contribution in [-0.4, -0.2) is 24.9 Å². The molecule has 122 valence electrons. The third-order valence-electron chi connectivity index (χ3n) is 4.06. The molecule has 1 heterocycles. The topological polar surface area (TPSA) is 63.7 Å². The van der Waals surface area contributed by atoms with Crippen LogP contribution in [0.1, 0.15) is 39.1 Å². The van der Waals surface area contributed by atoms with Gasteiger partial charge in [-0.25, -0.2) is 4.90 Å². The van der Waals surface area contributed by atoms with Crippen molar-refractivity contribution in [1.82, 2.24) is 0 Å². The average molecular weight is 344 g/mol. The van der Waals surface area contributed by atoms with Crippen molar-refractivity contribution in [3.63, 3.8) is 0 Å². The summed E-state index contributed by atoms with van der Waals surface area (Å²) in [6.07, 6.45) is 0. The number of esters is 1. The van der Waals surface area contributed by atoms with E-state index in [4.69, 9.17) is 16.3 Å². The molecule has 0 bridgehead atoms. The SMILES string of the molecule is COC(=O)C(C)c1ccc(N2C(=O)c3ccccc3C2=O)c(Cl)c1. The molecule has 0 saturated carbocycles. The maximum Gasteiger partial charge on any atom is 0.312 e. The van der Waals surface area contributed by atoms with E-state index in [0.717, 1.165) is 4.90 Å². The number of hydrogen-bond acceptors (Lipinski definition) is 4. The molecule has 0 radical (unpaired) electrons. The van der Waals surface area contributed by atoms with Crippen LogP contribution >= 0.6 is 11.6 Å². The van der Waals surface area contributed by atoms with Crippen molar-refractivity contribution >= 4 is 35.1 Å². The Balaban J connectivity index is 1.99. The zero-order valence-corrected chi connectivity index (χ0v) is 13.8. The Bertz CT molecular complexity index is 827. The number of anilines is 1. The van der Waals surface area contributed by atoms with Crippen LogP contribution in [0.3, 0.4) is 0 Å². The highest BCUT2D eigenvalue weighted by Crippen LogP contribution is 2.35. The van der Waals surface area contributed by atoms with Gasteiger partial charge < -0.3 is 4.74 Å². The summed E-state index contributed by atoms with van der Waals surface area (Å²) in [6, 6.07) is 11.4. The number of hydrogen-bond donors (Lipinski definition) is 0. The Hall–Kier alpha value is -2.66. The second kappa shape index (κ2) is 6.09. The van der Waals surface area contributed by atoms with Gasteiger partial charge in [0.25, 0.3) is 11.8 Å². The Morgan fingerprint density at radius 3 is 2.17 bits per heavy atom. The summed E-state index contributed by atoms with van der Waals surface area (Å²) in [6.45, 7) is 1.69. The Labute approximate surface area is 143 Å². The molecule has 2 aromatic rings. The van der Waals surface area contributed by atoms with Gasteiger partial charge in [-0.05, 0) is 36.8 Å². The number of benzene rings is 2. The van der Waals surface area contributed by atoms with Gasteiger partial charge in [-0.3, -0.25) is 14.4 Å². The maximum absolute atomic E-state index is 12.5. The van der Waals surface area contributed by atoms with Crippen LogP contribution in [-0.2, 0) is 9.53 Å². The summed E-state index contributed by atoms with van der Waals surface area (Å²) >= 11 is 6.28. The molecule has 2 amide bonds. The Morgan fingerprint density at radius 1 is 1.08 bits per heavy atom. The van der Waals surface area contributed by atoms with Gasteiger partial charge in [-0.1, -0.05) is 29.8 Å². The number of fused-ring (bicyclic) bond motifs is 1. The number of halogens is 1. The minimum absolute atomic E-state index is 0.220. The van der Waals surface area contributed by atoms with E-state index in [1.807, 2.05) is 0 Å². The van der Waals surface area contributed by atoms with Crippen LogP contribution in [0.15, 0.2) is 42.5 Å². The molecule has 2 aromatic carbocycles. The second-order valence-electron chi connectivity index (χ2n) is 5.45. The van der Waals surface area contributed by atoms with Crippen molar-refractivity contribution in [3.05, 3.63) is 64.2 Å². The lowest BCUT2D eigenvalue weighted by molar-refractivity contribution is -0.141. The van der Waals surface area contributed by atoms with E-state index in [1.165, 1.54) is 7.11 Å². The zero-order valence-electron chi connectivity index (χ0n) is 13.1. The van der Waals surface area contributed by atoms with E-state index in [0.29, 0.717) is 22.4 Å². The van der Waals surface area contributed by atoms with Gasteiger partial charge >= 0.3 is 5.97 Å². The van der Waals surface area contributed by atoms with Crippen molar-refractivity contribution in [2.45, 2.75) is 12.8 Å². The van der Waals surface area contributed by atoms with Crippen LogP contribution in [0, 0.1) is 0 Å². The number of carbonyl (C=O) groups is 3. The van der Waals surface area contributed by atoms with Gasteiger partial charge in [0.1, 0.15) is 0 Å². The predicted octanol–water partition coefficient (Wildman–Crippen LogP) is 3.42. The molecule has 0 aliphatic carbocycles. The lowest BCUT2D eigenvalue weighted by atomic mass is 10.0. The first kappa shape index (κ1) is 16.2. The van der Waals surface area contributed by atoms with Gasteiger partial charge in [-0.2, -0.15) is 0 Å². The molecular weight excluding hydrogens is 330 g/mol. The molecule has 1 atom stereocenters. The smallest absolute Gasteiger partial charge is 0.312 e. The number of methoxy groups -OCH3 is 1. The Morgan fingerprint density at radius 2 is 1.67 bits per heavy atom. The summed E-state index contributed by atoms with van der Waals surface area (Å²) in [5.74, 6) is -1.71. The highest BCUT2D eigenvalue weighted by Gasteiger charge is 2.37. The fraction of sp³-hybridized carbons (Fsp3) is 0.167. The monoisotopic (exact) mass is 343 g/mol. The van der Waals surface area contributed by atoms with E-state index in [2.05, 4.69) is 0 Å². The highest BCUT2D eigenvalue weighted by atomic mass is 35.5. The molecule has 3 rings (SSSR count). The molecule has 24 heavy (non-hydrogen) atoms. The van der Waals surface area contributed by atoms with E-state index in [9.17, 15) is 14.4 Å². The van der Waals surface area contributed by atoms with Gasteiger partial charge in [-0.15, -0.1) is 0 Å². The van der Waals surface area contributed by atoms with E-state index in [1.54, 1.807) is 49.4 Å². The number of rotatable bonds is 3. The molecular formula is C18H14ClNO4. The average Bonchev–Trinajstić information content (AvgIpc) is 2.85. The fourth-order valence-electron chi connectivity index (χ4n) is 2.69. The highest BCUT2D eigenvalue weighted by molar-refractivity contribution is 6.39. The molecule has 1 aliphatic rings. The van der Waals surface area contributed by atoms with Crippen molar-refractivity contribution in [3.8, 4) is 0 Å². The molecule has 0 spiro atoms. The molecule has 1 unspecified atom stereocenters. The fourth-order valence-corrected chi connectivity index (χ4v) is 2.97. The molecule has 0 N–H and O–H groups in total. The van der Waals surface area contributed by atoms with Gasteiger partial charge in [0.2, 0.25) is 0 Å². The summed E-state index contributed by atoms with van der Waals surface area (Å²) in [4.78, 5) is 37.7. The zero-order chi connectivity index (χ0) is 17.4. The van der Waals surface area contributed by atoms with E-state index >= 15 is 0 Å². The largest absolute Gasteiger partial charge is 0.469 e. The normalized spacial score (nSPS) is 14.5. The van der Waals surface area contributed by atoms with Gasteiger partial charge in [0.05, 0.1) is 34.9 Å². The number of nitrogens with zero attached hydrogens (tertiary/aromatic N) is 1. The van der Waals surface area contributed by atoms with Crippen molar-refractivity contribution in [1.29, 1.82) is 0 Å². The van der Waals surface area contributed by atoms with Crippen LogP contribution in [0.2, 0.25) is 5.02 Å². The summed E-state index contributed by atoms with van der Waals surface area (Å²) in [5.41, 5.74) is 1.65. The molecule has 0 aromatic heterocycles. The van der Waals surface area contributed by atoms with Crippen LogP contribution in [0.5, 0.6) is 0 Å². The van der Waals surface area contributed by atoms with E-state index in [-0.39, 0.29) is 11.0 Å². The molecule has 0 saturated heterocycles. The van der Waals surface area contributed by atoms with Gasteiger partial charge in [0.15, 0.2) is 0 Å². The predicted molar refractivity (Wildman–Crippen MR) is 89.5 cm³/mol. The first-order valence-corrected chi connectivity index (χ1v) is 7.68. The molecule has 1 aliphatic heterocycles. The molecule has 0 fully saturated rings. The lowest BCUT2D eigenvalue weighted by Crippen LogP contribution is -2.29. The van der Waals surface area contributed by atoms with Crippen molar-refractivity contribution in [2.75, 3.05) is 12.0 Å². The maximum atomic E-state index is 12.5. The number of imide groups is 1. The van der Waals surface area contributed by atoms with Crippen LogP contribution < -0.4 is 4.90 Å². The van der Waals surface area contributed by atoms with E-state index < -0.39 is 17.7 Å². The lowest BCUT2D eigenvalue weighted by Gasteiger charge is -2.17. The summed E-state index contributed by atoms with van der Waals surface area (Å²) in [5, 5.41) is 0.220. The minimum atomic E-state index is -0.497. The van der Waals surface area contributed by atoms with Crippen molar-refractivity contribution < 1.29 is 19.1 Å².